The molecule has 0 aliphatic heterocycles. The van der Waals surface area contributed by atoms with Crippen LogP contribution >= 0.6 is 11.3 Å². The molecule has 0 fully saturated rings. The van der Waals surface area contributed by atoms with Crippen LogP contribution in [-0.4, -0.2) is 36.6 Å². The zero-order valence-corrected chi connectivity index (χ0v) is 13.9. The van der Waals surface area contributed by atoms with Crippen molar-refractivity contribution in [3.63, 3.8) is 0 Å². The molecule has 2 rings (SSSR count). The number of nitrogens with one attached hydrogen (secondary N) is 2. The average Bonchev–Trinajstić information content (AvgIpc) is 3.19. The van der Waals surface area contributed by atoms with Crippen molar-refractivity contribution in [2.24, 2.45) is 7.05 Å². The summed E-state index contributed by atoms with van der Waals surface area (Å²) in [7, 11) is 3.43. The summed E-state index contributed by atoms with van der Waals surface area (Å²) in [6.07, 6.45) is 3.51. The summed E-state index contributed by atoms with van der Waals surface area (Å²) in [5.41, 5.74) is 1.01. The summed E-state index contributed by atoms with van der Waals surface area (Å²) in [4.78, 5) is 25.1. The highest BCUT2D eigenvalue weighted by atomic mass is 32.1. The van der Waals surface area contributed by atoms with E-state index < -0.39 is 0 Å². The number of ether oxygens (including phenoxy) is 1. The van der Waals surface area contributed by atoms with Gasteiger partial charge in [0.05, 0.1) is 11.5 Å². The summed E-state index contributed by atoms with van der Waals surface area (Å²) in [6.45, 7) is 0.775. The fraction of sp³-hybridized carbons (Fsp3) is 0.250. The van der Waals surface area contributed by atoms with Crippen LogP contribution in [0.1, 0.15) is 15.4 Å². The number of hydrogen-bond acceptors (Lipinski definition) is 4. The Labute approximate surface area is 138 Å². The van der Waals surface area contributed by atoms with Gasteiger partial charge in [-0.25, -0.2) is 0 Å². The van der Waals surface area contributed by atoms with Gasteiger partial charge in [-0.05, 0) is 29.7 Å². The smallest absolute Gasteiger partial charge is 0.267 e. The molecule has 0 saturated heterocycles. The number of amides is 2. The van der Waals surface area contributed by atoms with Gasteiger partial charge in [0.1, 0.15) is 5.70 Å². The molecule has 2 aromatic rings. The fourth-order valence-corrected chi connectivity index (χ4v) is 2.50. The Kier molecular flexibility index (Phi) is 6.13. The highest BCUT2D eigenvalue weighted by Crippen LogP contribution is 2.11. The maximum Gasteiger partial charge on any atom is 0.267 e. The number of methoxy groups -OCH3 is 1. The molecule has 0 radical (unpaired) electrons. The van der Waals surface area contributed by atoms with Crippen LogP contribution in [0.25, 0.3) is 6.08 Å². The predicted octanol–water partition coefficient (Wildman–Crippen LogP) is 1.62. The molecule has 0 aliphatic rings. The molecule has 0 aromatic carbocycles. The molecule has 0 unspecified atom stereocenters. The maximum absolute atomic E-state index is 12.3. The summed E-state index contributed by atoms with van der Waals surface area (Å²) in [5.74, 6) is -0.657. The Bertz CT molecular complexity index is 689. The number of aromatic nitrogens is 1. The van der Waals surface area contributed by atoms with Gasteiger partial charge in [-0.2, -0.15) is 0 Å². The minimum atomic E-state index is -0.354. The molecule has 0 bridgehead atoms. The molecule has 7 heteroatoms. The topological polar surface area (TPSA) is 72.4 Å². The van der Waals surface area contributed by atoms with Crippen molar-refractivity contribution in [1.82, 2.24) is 15.2 Å². The van der Waals surface area contributed by atoms with Crippen LogP contribution in [0.5, 0.6) is 0 Å². The maximum atomic E-state index is 12.3. The first-order chi connectivity index (χ1) is 11.1. The lowest BCUT2D eigenvalue weighted by molar-refractivity contribution is -0.117. The first-order valence-corrected chi connectivity index (χ1v) is 7.95. The van der Waals surface area contributed by atoms with Crippen LogP contribution in [0.15, 0.2) is 41.5 Å². The molecule has 2 aromatic heterocycles. The lowest BCUT2D eigenvalue weighted by Crippen LogP contribution is -2.36. The standard InChI is InChI=1S/C16H19N3O3S/c1-19-8-3-5-12(19)11-13(15(20)17-7-9-22-2)18-16(21)14-6-4-10-23-14/h3-6,8,10-11H,7,9H2,1-2H3,(H,17,20)(H,18,21)/b13-11+. The third kappa shape index (κ3) is 4.80. The number of aryl methyl sites for hydroxylation is 1. The van der Waals surface area contributed by atoms with E-state index >= 15 is 0 Å². The normalized spacial score (nSPS) is 11.3. The lowest BCUT2D eigenvalue weighted by atomic mass is 10.3. The first kappa shape index (κ1) is 17.0. The second-order valence-corrected chi connectivity index (χ2v) is 5.73. The number of rotatable bonds is 7. The molecule has 2 heterocycles. The summed E-state index contributed by atoms with van der Waals surface area (Å²) < 4.78 is 6.77. The summed E-state index contributed by atoms with van der Waals surface area (Å²) in [6, 6.07) is 7.23. The van der Waals surface area contributed by atoms with Crippen molar-refractivity contribution in [3.8, 4) is 0 Å². The Morgan fingerprint density at radius 1 is 1.35 bits per heavy atom. The summed E-state index contributed by atoms with van der Waals surface area (Å²) >= 11 is 1.32. The monoisotopic (exact) mass is 333 g/mol. The number of nitrogens with zero attached hydrogens (tertiary/aromatic N) is 1. The van der Waals surface area contributed by atoms with Gasteiger partial charge in [-0.3, -0.25) is 9.59 Å². The average molecular weight is 333 g/mol. The fourth-order valence-electron chi connectivity index (χ4n) is 1.88. The van der Waals surface area contributed by atoms with Gasteiger partial charge in [0.2, 0.25) is 0 Å². The van der Waals surface area contributed by atoms with Crippen molar-refractivity contribution in [3.05, 3.63) is 52.1 Å². The predicted molar refractivity (Wildman–Crippen MR) is 90.1 cm³/mol. The van der Waals surface area contributed by atoms with E-state index in [2.05, 4.69) is 10.6 Å². The quantitative estimate of drug-likeness (QED) is 0.597. The molecule has 122 valence electrons. The Balaban J connectivity index is 2.17. The van der Waals surface area contributed by atoms with Gasteiger partial charge >= 0.3 is 0 Å². The zero-order chi connectivity index (χ0) is 16.7. The molecule has 0 spiro atoms. The molecule has 2 N–H and O–H groups in total. The van der Waals surface area contributed by atoms with Gasteiger partial charge in [-0.1, -0.05) is 6.07 Å². The highest BCUT2D eigenvalue weighted by molar-refractivity contribution is 7.12. The summed E-state index contributed by atoms with van der Waals surface area (Å²) in [5, 5.41) is 7.21. The van der Waals surface area contributed by atoms with Crippen LogP contribution in [0, 0.1) is 0 Å². The van der Waals surface area contributed by atoms with Gasteiger partial charge in [0.15, 0.2) is 0 Å². The lowest BCUT2D eigenvalue weighted by Gasteiger charge is -2.10. The Hall–Kier alpha value is -2.38. The van der Waals surface area contributed by atoms with Gasteiger partial charge in [0.25, 0.3) is 11.8 Å². The molecular formula is C16H19N3O3S. The van der Waals surface area contributed by atoms with Crippen LogP contribution in [0.4, 0.5) is 0 Å². The van der Waals surface area contributed by atoms with Gasteiger partial charge in [0, 0.05) is 32.6 Å². The molecule has 0 saturated carbocycles. The third-order valence-electron chi connectivity index (χ3n) is 3.11. The van der Waals surface area contributed by atoms with E-state index in [1.807, 2.05) is 35.3 Å². The SMILES string of the molecule is COCCNC(=O)/C(=C\c1cccn1C)NC(=O)c1cccs1. The van der Waals surface area contributed by atoms with Crippen molar-refractivity contribution in [2.45, 2.75) is 0 Å². The highest BCUT2D eigenvalue weighted by Gasteiger charge is 2.15. The van der Waals surface area contributed by atoms with E-state index in [0.29, 0.717) is 18.0 Å². The van der Waals surface area contributed by atoms with Crippen LogP contribution in [0.2, 0.25) is 0 Å². The Morgan fingerprint density at radius 3 is 2.78 bits per heavy atom. The van der Waals surface area contributed by atoms with Crippen LogP contribution in [-0.2, 0) is 16.6 Å². The second kappa shape index (κ2) is 8.30. The van der Waals surface area contributed by atoms with E-state index in [4.69, 9.17) is 4.74 Å². The Morgan fingerprint density at radius 2 is 2.17 bits per heavy atom. The second-order valence-electron chi connectivity index (χ2n) is 4.78. The minimum Gasteiger partial charge on any atom is -0.383 e. The van der Waals surface area contributed by atoms with Gasteiger partial charge < -0.3 is 19.9 Å². The molecule has 0 atom stereocenters. The number of carbonyl (C=O) groups excluding carboxylic acids is 2. The van der Waals surface area contributed by atoms with Crippen LogP contribution < -0.4 is 10.6 Å². The van der Waals surface area contributed by atoms with Crippen molar-refractivity contribution < 1.29 is 14.3 Å². The van der Waals surface area contributed by atoms with Crippen molar-refractivity contribution in [1.29, 1.82) is 0 Å². The van der Waals surface area contributed by atoms with E-state index in [-0.39, 0.29) is 17.5 Å². The zero-order valence-electron chi connectivity index (χ0n) is 13.0. The van der Waals surface area contributed by atoms with Crippen molar-refractivity contribution >= 4 is 29.2 Å². The number of carbonyl (C=O) groups is 2. The largest absolute Gasteiger partial charge is 0.383 e. The molecule has 6 nitrogen and oxygen atoms in total. The molecule has 0 aliphatic carbocycles. The van der Waals surface area contributed by atoms with E-state index in [9.17, 15) is 9.59 Å². The molecule has 23 heavy (non-hydrogen) atoms. The first-order valence-electron chi connectivity index (χ1n) is 7.07. The molecular weight excluding hydrogens is 314 g/mol. The van der Waals surface area contributed by atoms with E-state index in [1.165, 1.54) is 11.3 Å². The van der Waals surface area contributed by atoms with Gasteiger partial charge in [-0.15, -0.1) is 11.3 Å². The van der Waals surface area contributed by atoms with E-state index in [0.717, 1.165) is 5.69 Å². The van der Waals surface area contributed by atoms with E-state index in [1.54, 1.807) is 25.3 Å². The number of hydrogen-bond donors (Lipinski definition) is 2. The van der Waals surface area contributed by atoms with Crippen molar-refractivity contribution in [2.75, 3.05) is 20.3 Å². The van der Waals surface area contributed by atoms with Crippen LogP contribution in [0.3, 0.4) is 0 Å². The molecule has 2 amide bonds. The third-order valence-corrected chi connectivity index (χ3v) is 3.97. The number of thiophene rings is 1. The minimum absolute atomic E-state index is 0.196.